The molecule has 1 aliphatic carbocycles. The van der Waals surface area contributed by atoms with Gasteiger partial charge in [0.2, 0.25) is 0 Å². The van der Waals surface area contributed by atoms with Crippen LogP contribution in [0.15, 0.2) is 60.9 Å². The topological polar surface area (TPSA) is 43.3 Å². The molecule has 3 aromatic rings. The van der Waals surface area contributed by atoms with Gasteiger partial charge in [-0.25, -0.2) is 4.52 Å². The second-order valence-corrected chi connectivity index (χ2v) is 5.57. The van der Waals surface area contributed by atoms with Crippen LogP contribution in [0.5, 0.6) is 0 Å². The molecule has 1 saturated carbocycles. The molecule has 2 N–H and O–H groups in total. The average molecular weight is 263 g/mol. The van der Waals surface area contributed by atoms with Crippen molar-refractivity contribution in [3.8, 4) is 0 Å². The smallest absolute Gasteiger partial charge is 0.0709 e. The molecule has 0 radical (unpaired) electrons. The highest BCUT2D eigenvalue weighted by Gasteiger charge is 2.43. The van der Waals surface area contributed by atoms with Gasteiger partial charge in [-0.3, -0.25) is 0 Å². The molecule has 0 amide bonds. The number of hydrogen-bond donors (Lipinski definition) is 1. The van der Waals surface area contributed by atoms with E-state index in [9.17, 15) is 0 Å². The van der Waals surface area contributed by atoms with Gasteiger partial charge < -0.3 is 5.73 Å². The van der Waals surface area contributed by atoms with Crippen LogP contribution in [0.3, 0.4) is 0 Å². The first-order valence-corrected chi connectivity index (χ1v) is 7.07. The number of pyridine rings is 1. The van der Waals surface area contributed by atoms with E-state index in [-0.39, 0.29) is 6.04 Å². The van der Waals surface area contributed by atoms with Crippen molar-refractivity contribution in [3.05, 3.63) is 72.1 Å². The van der Waals surface area contributed by atoms with Crippen LogP contribution >= 0.6 is 0 Å². The molecule has 0 bridgehead atoms. The zero-order valence-corrected chi connectivity index (χ0v) is 11.2. The molecule has 3 atom stereocenters. The summed E-state index contributed by atoms with van der Waals surface area (Å²) in [4.78, 5) is 0. The van der Waals surface area contributed by atoms with Crippen molar-refractivity contribution < 1.29 is 0 Å². The van der Waals surface area contributed by atoms with Crippen LogP contribution in [0.25, 0.3) is 5.52 Å². The third-order valence-corrected chi connectivity index (χ3v) is 4.34. The van der Waals surface area contributed by atoms with Crippen molar-refractivity contribution in [1.82, 2.24) is 9.61 Å². The molecule has 2 heterocycles. The number of benzene rings is 1. The highest BCUT2D eigenvalue weighted by Crippen LogP contribution is 2.53. The van der Waals surface area contributed by atoms with Crippen molar-refractivity contribution in [3.63, 3.8) is 0 Å². The summed E-state index contributed by atoms with van der Waals surface area (Å²) in [6.45, 7) is 0. The predicted octanol–water partition coefficient (Wildman–Crippen LogP) is 3.14. The van der Waals surface area contributed by atoms with E-state index in [2.05, 4.69) is 41.5 Å². The van der Waals surface area contributed by atoms with Gasteiger partial charge in [-0.2, -0.15) is 5.10 Å². The Bertz CT molecular complexity index is 732. The first kappa shape index (κ1) is 11.7. The van der Waals surface area contributed by atoms with E-state index < -0.39 is 0 Å². The minimum atomic E-state index is 0.0695. The maximum atomic E-state index is 6.49. The standard InChI is InChI=1S/C17H17N3/c18-17(14-10-13(14)12-6-2-1-3-7-12)15-11-19-20-9-5-4-8-16(15)20/h1-9,11,13-14,17H,10,18H2. The van der Waals surface area contributed by atoms with Crippen molar-refractivity contribution in [1.29, 1.82) is 0 Å². The van der Waals surface area contributed by atoms with Crippen LogP contribution in [-0.4, -0.2) is 9.61 Å². The predicted molar refractivity (Wildman–Crippen MR) is 79.4 cm³/mol. The summed E-state index contributed by atoms with van der Waals surface area (Å²) < 4.78 is 1.90. The van der Waals surface area contributed by atoms with E-state index in [1.54, 1.807) is 0 Å². The van der Waals surface area contributed by atoms with Crippen LogP contribution < -0.4 is 5.73 Å². The lowest BCUT2D eigenvalue weighted by atomic mass is 10.0. The number of aromatic nitrogens is 2. The Balaban J connectivity index is 1.61. The Morgan fingerprint density at radius 2 is 1.90 bits per heavy atom. The van der Waals surface area contributed by atoms with Crippen molar-refractivity contribution in [2.75, 3.05) is 0 Å². The number of nitrogens with two attached hydrogens (primary N) is 1. The van der Waals surface area contributed by atoms with Gasteiger partial charge in [-0.1, -0.05) is 36.4 Å². The van der Waals surface area contributed by atoms with Crippen LogP contribution in [0, 0.1) is 5.92 Å². The van der Waals surface area contributed by atoms with Gasteiger partial charge in [0.15, 0.2) is 0 Å². The van der Waals surface area contributed by atoms with Crippen LogP contribution in [-0.2, 0) is 0 Å². The molecule has 3 unspecified atom stereocenters. The number of nitrogens with zero attached hydrogens (tertiary/aromatic N) is 2. The van der Waals surface area contributed by atoms with Gasteiger partial charge in [0, 0.05) is 17.8 Å². The molecule has 4 rings (SSSR count). The van der Waals surface area contributed by atoms with Gasteiger partial charge in [0.05, 0.1) is 11.7 Å². The fourth-order valence-electron chi connectivity index (χ4n) is 3.14. The molecule has 1 fully saturated rings. The summed E-state index contributed by atoms with van der Waals surface area (Å²) in [7, 11) is 0. The maximum absolute atomic E-state index is 6.49. The monoisotopic (exact) mass is 263 g/mol. The van der Waals surface area contributed by atoms with Crippen molar-refractivity contribution >= 4 is 5.52 Å². The maximum Gasteiger partial charge on any atom is 0.0709 e. The second kappa shape index (κ2) is 4.46. The van der Waals surface area contributed by atoms with Crippen LogP contribution in [0.2, 0.25) is 0 Å². The third-order valence-electron chi connectivity index (χ3n) is 4.34. The zero-order valence-electron chi connectivity index (χ0n) is 11.2. The fraction of sp³-hybridized carbons (Fsp3) is 0.235. The molecule has 0 aliphatic heterocycles. The highest BCUT2D eigenvalue weighted by molar-refractivity contribution is 5.55. The zero-order chi connectivity index (χ0) is 13.5. The Labute approximate surface area is 118 Å². The van der Waals surface area contributed by atoms with Gasteiger partial charge >= 0.3 is 0 Å². The van der Waals surface area contributed by atoms with E-state index in [1.807, 2.05) is 29.0 Å². The van der Waals surface area contributed by atoms with Gasteiger partial charge in [-0.05, 0) is 36.0 Å². The summed E-state index contributed by atoms with van der Waals surface area (Å²) in [5.41, 5.74) is 10.2. The summed E-state index contributed by atoms with van der Waals surface area (Å²) >= 11 is 0. The summed E-state index contributed by atoms with van der Waals surface area (Å²) in [5.74, 6) is 1.13. The molecule has 1 aromatic carbocycles. The second-order valence-electron chi connectivity index (χ2n) is 5.57. The summed E-state index contributed by atoms with van der Waals surface area (Å²) in [5, 5.41) is 4.38. The Morgan fingerprint density at radius 1 is 1.10 bits per heavy atom. The van der Waals surface area contributed by atoms with E-state index in [0.29, 0.717) is 11.8 Å². The van der Waals surface area contributed by atoms with Crippen molar-refractivity contribution in [2.24, 2.45) is 11.7 Å². The number of fused-ring (bicyclic) bond motifs is 1. The molecular weight excluding hydrogens is 246 g/mol. The molecule has 0 saturated heterocycles. The van der Waals surface area contributed by atoms with E-state index in [0.717, 1.165) is 11.1 Å². The van der Waals surface area contributed by atoms with Gasteiger partial charge in [0.1, 0.15) is 0 Å². The normalized spacial score (nSPS) is 22.9. The lowest BCUT2D eigenvalue weighted by Crippen LogP contribution is -2.13. The SMILES string of the molecule is NC(c1cnn2ccccc12)C1CC1c1ccccc1. The summed E-state index contributed by atoms with van der Waals surface area (Å²) in [6.07, 6.45) is 5.06. The Morgan fingerprint density at radius 3 is 2.75 bits per heavy atom. The van der Waals surface area contributed by atoms with E-state index in [4.69, 9.17) is 5.73 Å². The van der Waals surface area contributed by atoms with E-state index in [1.165, 1.54) is 12.0 Å². The van der Waals surface area contributed by atoms with Crippen LogP contribution in [0.4, 0.5) is 0 Å². The molecular formula is C17H17N3. The number of hydrogen-bond acceptors (Lipinski definition) is 2. The van der Waals surface area contributed by atoms with Gasteiger partial charge in [0.25, 0.3) is 0 Å². The first-order valence-electron chi connectivity index (χ1n) is 7.07. The molecule has 20 heavy (non-hydrogen) atoms. The average Bonchev–Trinajstić information content (AvgIpc) is 3.20. The molecule has 100 valence electrons. The first-order chi connectivity index (χ1) is 9.84. The minimum absolute atomic E-state index is 0.0695. The summed E-state index contributed by atoms with van der Waals surface area (Å²) in [6, 6.07) is 16.8. The highest BCUT2D eigenvalue weighted by atomic mass is 15.2. The Hall–Kier alpha value is -2.13. The van der Waals surface area contributed by atoms with E-state index >= 15 is 0 Å². The number of rotatable bonds is 3. The largest absolute Gasteiger partial charge is 0.324 e. The quantitative estimate of drug-likeness (QED) is 0.789. The molecule has 2 aromatic heterocycles. The lowest BCUT2D eigenvalue weighted by Gasteiger charge is -2.10. The molecule has 0 spiro atoms. The fourth-order valence-corrected chi connectivity index (χ4v) is 3.14. The van der Waals surface area contributed by atoms with Crippen LogP contribution in [0.1, 0.15) is 29.5 Å². The van der Waals surface area contributed by atoms with Crippen molar-refractivity contribution in [2.45, 2.75) is 18.4 Å². The molecule has 3 nitrogen and oxygen atoms in total. The molecule has 3 heteroatoms. The van der Waals surface area contributed by atoms with Gasteiger partial charge in [-0.15, -0.1) is 0 Å². The minimum Gasteiger partial charge on any atom is -0.324 e. The third kappa shape index (κ3) is 1.82. The Kier molecular flexibility index (Phi) is 2.60. The molecule has 1 aliphatic rings. The lowest BCUT2D eigenvalue weighted by molar-refractivity contribution is 0.620.